The van der Waals surface area contributed by atoms with E-state index < -0.39 is 0 Å². The zero-order chi connectivity index (χ0) is 7.41. The van der Waals surface area contributed by atoms with Crippen molar-refractivity contribution in [3.05, 3.63) is 13.2 Å². The van der Waals surface area contributed by atoms with Crippen LogP contribution in [0.1, 0.15) is 13.8 Å². The summed E-state index contributed by atoms with van der Waals surface area (Å²) in [6.45, 7) is 9.36. The van der Waals surface area contributed by atoms with Crippen molar-refractivity contribution < 1.29 is 9.59 Å². The van der Waals surface area contributed by atoms with Gasteiger partial charge in [-0.15, -0.1) is 0 Å². The summed E-state index contributed by atoms with van der Waals surface area (Å²) in [4.78, 5) is 17.1. The van der Waals surface area contributed by atoms with Crippen LogP contribution >= 0.6 is 0 Å². The van der Waals surface area contributed by atoms with E-state index in [1.165, 1.54) is 11.9 Å². The Balaban J connectivity index is -0.0000000483. The Morgan fingerprint density at radius 1 is 1.00 bits per heavy atom. The van der Waals surface area contributed by atoms with Gasteiger partial charge in [-0.2, -0.15) is 0 Å². The van der Waals surface area contributed by atoms with E-state index in [0.717, 1.165) is 0 Å². The highest BCUT2D eigenvalue weighted by molar-refractivity contribution is 5.38. The van der Waals surface area contributed by atoms with Crippen LogP contribution < -0.4 is 0 Å². The van der Waals surface area contributed by atoms with Crippen LogP contribution in [-0.4, -0.2) is 11.9 Å². The first-order valence-electron chi connectivity index (χ1n) is 2.12. The topological polar surface area (TPSA) is 34.1 Å². The lowest BCUT2D eigenvalue weighted by Crippen LogP contribution is -1.15. The molecular weight excluding hydrogens is 104 g/mol. The molecule has 0 saturated heterocycles. The minimum atomic E-state index is 1.25. The molecular formula is C6H10O2. The Bertz CT molecular complexity index is 60.5. The minimum absolute atomic E-state index is 1.25. The highest BCUT2D eigenvalue weighted by Gasteiger charge is 1.01. The van der Waals surface area contributed by atoms with Gasteiger partial charge in [0.2, 0.25) is 0 Å². The Kier molecular flexibility index (Phi) is 345. The molecule has 8 heavy (non-hydrogen) atoms. The average molecular weight is 114 g/mol. The van der Waals surface area contributed by atoms with Crippen molar-refractivity contribution in [2.75, 3.05) is 0 Å². The third kappa shape index (κ3) is 61.6. The van der Waals surface area contributed by atoms with Crippen molar-refractivity contribution in [2.45, 2.75) is 13.8 Å². The molecule has 0 heterocycles. The van der Waals surface area contributed by atoms with Crippen molar-refractivity contribution in [1.82, 2.24) is 0 Å². The van der Waals surface area contributed by atoms with E-state index in [9.17, 15) is 0 Å². The summed E-state index contributed by atoms with van der Waals surface area (Å²) in [5, 5.41) is 0. The summed E-state index contributed by atoms with van der Waals surface area (Å²) in [6, 6.07) is 0. The fourth-order valence-corrected chi connectivity index (χ4v) is 0. The molecule has 0 aliphatic heterocycles. The third-order valence-corrected chi connectivity index (χ3v) is 0. The molecule has 0 saturated carbocycles. The number of rotatable bonds is 0. The van der Waals surface area contributed by atoms with E-state index in [-0.39, 0.29) is 0 Å². The number of hydrogen-bond acceptors (Lipinski definition) is 2. The first kappa shape index (κ1) is 15.8. The molecule has 46 valence electrons. The molecule has 0 bridgehead atoms. The van der Waals surface area contributed by atoms with Gasteiger partial charge in [0.15, 0.2) is 0 Å². The lowest BCUT2D eigenvalue weighted by Gasteiger charge is -1.07. The molecule has 0 aliphatic rings. The van der Waals surface area contributed by atoms with Crippen molar-refractivity contribution in [2.24, 2.45) is 0 Å². The zero-order valence-electron chi connectivity index (χ0n) is 5.23. The van der Waals surface area contributed by atoms with E-state index in [4.69, 9.17) is 9.59 Å². The van der Waals surface area contributed by atoms with Crippen molar-refractivity contribution in [3.8, 4) is 0 Å². The van der Waals surface area contributed by atoms with Crippen LogP contribution in [0.4, 0.5) is 0 Å². The predicted molar refractivity (Wildman–Crippen MR) is 34.0 cm³/mol. The molecule has 0 rings (SSSR count). The first-order valence-corrected chi connectivity index (χ1v) is 2.12. The second-order valence-electron chi connectivity index (χ2n) is 0.289. The van der Waals surface area contributed by atoms with Crippen molar-refractivity contribution in [1.29, 1.82) is 0 Å². The fraction of sp³-hybridized carbons (Fsp3) is 0.333. The van der Waals surface area contributed by atoms with Crippen LogP contribution in [-0.2, 0) is 9.59 Å². The second kappa shape index (κ2) is 175. The minimum Gasteiger partial charge on any atom is -0.234 e. The summed E-state index contributed by atoms with van der Waals surface area (Å²) in [6.07, 6.45) is 0. The Morgan fingerprint density at radius 2 is 1.00 bits per heavy atom. The van der Waals surface area contributed by atoms with Crippen LogP contribution in [0.25, 0.3) is 0 Å². The lowest BCUT2D eigenvalue weighted by atomic mass is 11.0. The predicted octanol–water partition coefficient (Wildman–Crippen LogP) is 1.03. The molecule has 0 radical (unpaired) electrons. The number of hydrogen-bond donors (Lipinski definition) is 0. The van der Waals surface area contributed by atoms with Crippen molar-refractivity contribution in [3.63, 3.8) is 0 Å². The van der Waals surface area contributed by atoms with E-state index in [0.29, 0.717) is 0 Å². The van der Waals surface area contributed by atoms with Gasteiger partial charge in [0.25, 0.3) is 0 Å². The highest BCUT2D eigenvalue weighted by atomic mass is 16.1. The molecule has 0 aliphatic carbocycles. The maximum atomic E-state index is 8.57. The van der Waals surface area contributed by atoms with Crippen molar-refractivity contribution >= 4 is 11.9 Å². The normalized spacial score (nSPS) is 2.75. The molecule has 2 heteroatoms. The highest BCUT2D eigenvalue weighted by Crippen LogP contribution is 1.14. The summed E-state index contributed by atoms with van der Waals surface area (Å²) < 4.78 is 0. The third-order valence-electron chi connectivity index (χ3n) is 0. The fourth-order valence-electron chi connectivity index (χ4n) is 0. The molecule has 0 atom stereocenters. The Labute approximate surface area is 49.5 Å². The molecule has 0 aromatic rings. The SMILES string of the molecule is C=C=O.C=C=O.CC. The summed E-state index contributed by atoms with van der Waals surface area (Å²) in [5.41, 5.74) is 0. The van der Waals surface area contributed by atoms with E-state index in [1.807, 2.05) is 13.8 Å². The smallest absolute Gasteiger partial charge is 0.116 e. The molecule has 0 amide bonds. The maximum Gasteiger partial charge on any atom is 0.116 e. The van der Waals surface area contributed by atoms with Crippen LogP contribution in [0.5, 0.6) is 0 Å². The molecule has 0 fully saturated rings. The van der Waals surface area contributed by atoms with E-state index >= 15 is 0 Å². The second-order valence-corrected chi connectivity index (χ2v) is 0.289. The largest absolute Gasteiger partial charge is 0.234 e. The quantitative estimate of drug-likeness (QED) is 0.441. The maximum absolute atomic E-state index is 8.57. The van der Waals surface area contributed by atoms with Crippen LogP contribution in [0.2, 0.25) is 0 Å². The molecule has 0 unspecified atom stereocenters. The lowest BCUT2D eigenvalue weighted by molar-refractivity contribution is 0.569. The van der Waals surface area contributed by atoms with E-state index in [2.05, 4.69) is 13.2 Å². The summed E-state index contributed by atoms with van der Waals surface area (Å²) in [7, 11) is 0. The molecule has 0 aromatic heterocycles. The monoisotopic (exact) mass is 114 g/mol. The van der Waals surface area contributed by atoms with Gasteiger partial charge < -0.3 is 0 Å². The molecule has 0 aromatic carbocycles. The Morgan fingerprint density at radius 3 is 1.00 bits per heavy atom. The van der Waals surface area contributed by atoms with Gasteiger partial charge >= 0.3 is 0 Å². The Hall–Kier alpha value is -1.10. The average Bonchev–Trinajstić information content (AvgIpc) is 1.75. The molecule has 2 nitrogen and oxygen atoms in total. The van der Waals surface area contributed by atoms with Gasteiger partial charge in [0, 0.05) is 0 Å². The molecule has 0 spiro atoms. The van der Waals surface area contributed by atoms with Gasteiger partial charge in [-0.3, -0.25) is 0 Å². The zero-order valence-corrected chi connectivity index (χ0v) is 5.23. The summed E-state index contributed by atoms with van der Waals surface area (Å²) in [5.74, 6) is 2.50. The van der Waals surface area contributed by atoms with Gasteiger partial charge in [0.1, 0.15) is 11.9 Å². The van der Waals surface area contributed by atoms with E-state index in [1.54, 1.807) is 0 Å². The first-order chi connectivity index (χ1) is 3.83. The van der Waals surface area contributed by atoms with Gasteiger partial charge in [0.05, 0.1) is 0 Å². The van der Waals surface area contributed by atoms with Crippen LogP contribution in [0.15, 0.2) is 13.2 Å². The number of carbonyl (C=O) groups excluding carboxylic acids is 2. The van der Waals surface area contributed by atoms with Crippen LogP contribution in [0.3, 0.4) is 0 Å². The molecule has 0 N–H and O–H groups in total. The standard InChI is InChI=1S/2C2H2O.C2H6/c2*1-2-3;1-2/h2*1H2;1-2H3. The van der Waals surface area contributed by atoms with Crippen LogP contribution in [0, 0.1) is 0 Å². The summed E-state index contributed by atoms with van der Waals surface area (Å²) >= 11 is 0. The van der Waals surface area contributed by atoms with Gasteiger partial charge in [-0.05, 0) is 13.2 Å². The van der Waals surface area contributed by atoms with Gasteiger partial charge in [-0.1, -0.05) is 13.8 Å². The van der Waals surface area contributed by atoms with Gasteiger partial charge in [-0.25, -0.2) is 9.59 Å².